The molecule has 0 aromatic carbocycles. The molecule has 2 unspecified atom stereocenters. The number of aliphatic imine (C=N–C) groups is 1. The van der Waals surface area contributed by atoms with Crippen molar-refractivity contribution in [2.24, 2.45) is 4.99 Å². The van der Waals surface area contributed by atoms with E-state index in [9.17, 15) is 0 Å². The van der Waals surface area contributed by atoms with E-state index >= 15 is 0 Å². The van der Waals surface area contributed by atoms with Crippen molar-refractivity contribution in [2.45, 2.75) is 39.3 Å². The molecule has 2 heteroatoms. The minimum Gasteiger partial charge on any atom is -0.307 e. The Kier molecular flexibility index (Phi) is 2.44. The fraction of sp³-hybridized carbons (Fsp3) is 0.875. The summed E-state index contributed by atoms with van der Waals surface area (Å²) in [6, 6.07) is 1.07. The van der Waals surface area contributed by atoms with Crippen LogP contribution < -0.4 is 5.32 Å². The van der Waals surface area contributed by atoms with Gasteiger partial charge in [-0.1, -0.05) is 6.92 Å². The SMILES string of the molecule is CCC1NCC(C)=NC1C. The fourth-order valence-electron chi connectivity index (χ4n) is 1.42. The summed E-state index contributed by atoms with van der Waals surface area (Å²) < 4.78 is 0. The molecular formula is C8H16N2. The minimum atomic E-state index is 0.471. The van der Waals surface area contributed by atoms with Gasteiger partial charge in [0.05, 0.1) is 6.04 Å². The highest BCUT2D eigenvalue weighted by atomic mass is 15.0. The highest BCUT2D eigenvalue weighted by Gasteiger charge is 2.17. The van der Waals surface area contributed by atoms with Gasteiger partial charge < -0.3 is 5.32 Å². The molecule has 0 radical (unpaired) electrons. The first-order valence-electron chi connectivity index (χ1n) is 4.00. The minimum absolute atomic E-state index is 0.471. The average Bonchev–Trinajstić information content (AvgIpc) is 1.88. The lowest BCUT2D eigenvalue weighted by atomic mass is 10.1. The molecule has 0 aromatic heterocycles. The van der Waals surface area contributed by atoms with Gasteiger partial charge in [0.2, 0.25) is 0 Å². The molecule has 10 heavy (non-hydrogen) atoms. The van der Waals surface area contributed by atoms with E-state index < -0.39 is 0 Å². The summed E-state index contributed by atoms with van der Waals surface area (Å²) in [4.78, 5) is 4.49. The number of nitrogens with zero attached hydrogens (tertiary/aromatic N) is 1. The van der Waals surface area contributed by atoms with Crippen LogP contribution in [0, 0.1) is 0 Å². The Morgan fingerprint density at radius 1 is 1.70 bits per heavy atom. The molecule has 0 amide bonds. The van der Waals surface area contributed by atoms with Crippen molar-refractivity contribution in [3.63, 3.8) is 0 Å². The molecule has 1 heterocycles. The number of hydrogen-bond donors (Lipinski definition) is 1. The van der Waals surface area contributed by atoms with E-state index in [0.29, 0.717) is 12.1 Å². The smallest absolute Gasteiger partial charge is 0.0624 e. The monoisotopic (exact) mass is 140 g/mol. The van der Waals surface area contributed by atoms with Crippen LogP contribution in [-0.4, -0.2) is 24.3 Å². The van der Waals surface area contributed by atoms with Crippen LogP contribution >= 0.6 is 0 Å². The van der Waals surface area contributed by atoms with E-state index in [0.717, 1.165) is 6.54 Å². The maximum Gasteiger partial charge on any atom is 0.0624 e. The Labute approximate surface area is 62.7 Å². The normalized spacial score (nSPS) is 33.7. The van der Waals surface area contributed by atoms with Gasteiger partial charge >= 0.3 is 0 Å². The summed E-state index contributed by atoms with van der Waals surface area (Å²) in [5, 5.41) is 3.44. The Morgan fingerprint density at radius 3 is 2.90 bits per heavy atom. The molecule has 1 rings (SSSR count). The van der Waals surface area contributed by atoms with Crippen molar-refractivity contribution < 1.29 is 0 Å². The summed E-state index contributed by atoms with van der Waals surface area (Å²) in [5.74, 6) is 0. The van der Waals surface area contributed by atoms with Crippen LogP contribution in [0.5, 0.6) is 0 Å². The summed E-state index contributed by atoms with van der Waals surface area (Å²) in [6.45, 7) is 7.42. The maximum atomic E-state index is 4.49. The van der Waals surface area contributed by atoms with Crippen molar-refractivity contribution in [3.8, 4) is 0 Å². The Morgan fingerprint density at radius 2 is 2.40 bits per heavy atom. The zero-order valence-corrected chi connectivity index (χ0v) is 7.02. The fourth-order valence-corrected chi connectivity index (χ4v) is 1.42. The lowest BCUT2D eigenvalue weighted by molar-refractivity contribution is 0.443. The van der Waals surface area contributed by atoms with E-state index in [1.54, 1.807) is 0 Å². The zero-order valence-electron chi connectivity index (χ0n) is 7.02. The quantitative estimate of drug-likeness (QED) is 0.582. The molecule has 0 saturated carbocycles. The van der Waals surface area contributed by atoms with Crippen molar-refractivity contribution in [1.29, 1.82) is 0 Å². The molecule has 2 atom stereocenters. The standard InChI is InChI=1S/C8H16N2/c1-4-8-7(3)10-6(2)5-9-8/h7-9H,4-5H2,1-3H3. The first kappa shape index (κ1) is 7.73. The predicted octanol–water partition coefficient (Wildman–Crippen LogP) is 1.22. The van der Waals surface area contributed by atoms with Gasteiger partial charge in [0.1, 0.15) is 0 Å². The van der Waals surface area contributed by atoms with Crippen LogP contribution in [0.25, 0.3) is 0 Å². The predicted molar refractivity (Wildman–Crippen MR) is 44.7 cm³/mol. The third-order valence-corrected chi connectivity index (χ3v) is 2.07. The van der Waals surface area contributed by atoms with Crippen LogP contribution in [0.4, 0.5) is 0 Å². The second-order valence-corrected chi connectivity index (χ2v) is 3.00. The Balaban J connectivity index is 2.55. The third kappa shape index (κ3) is 1.57. The Bertz CT molecular complexity index is 140. The summed E-state index contributed by atoms with van der Waals surface area (Å²) in [7, 11) is 0. The van der Waals surface area contributed by atoms with Gasteiger partial charge in [-0.3, -0.25) is 4.99 Å². The van der Waals surface area contributed by atoms with Crippen molar-refractivity contribution in [1.82, 2.24) is 5.32 Å². The average molecular weight is 140 g/mol. The van der Waals surface area contributed by atoms with Crippen LogP contribution in [0.1, 0.15) is 27.2 Å². The first-order valence-corrected chi connectivity index (χ1v) is 4.00. The van der Waals surface area contributed by atoms with Gasteiger partial charge in [0.25, 0.3) is 0 Å². The van der Waals surface area contributed by atoms with Crippen LogP contribution in [-0.2, 0) is 0 Å². The molecule has 1 aliphatic heterocycles. The van der Waals surface area contributed by atoms with Gasteiger partial charge in [0, 0.05) is 18.3 Å². The van der Waals surface area contributed by atoms with Crippen molar-refractivity contribution >= 4 is 5.71 Å². The van der Waals surface area contributed by atoms with Crippen molar-refractivity contribution in [3.05, 3.63) is 0 Å². The second-order valence-electron chi connectivity index (χ2n) is 3.00. The Hall–Kier alpha value is -0.370. The second kappa shape index (κ2) is 3.15. The van der Waals surface area contributed by atoms with Gasteiger partial charge in [-0.2, -0.15) is 0 Å². The molecule has 0 fully saturated rings. The van der Waals surface area contributed by atoms with Crippen LogP contribution in [0.3, 0.4) is 0 Å². The maximum absolute atomic E-state index is 4.49. The number of hydrogen-bond acceptors (Lipinski definition) is 2. The van der Waals surface area contributed by atoms with Gasteiger partial charge in [0.15, 0.2) is 0 Å². The van der Waals surface area contributed by atoms with Crippen LogP contribution in [0.2, 0.25) is 0 Å². The van der Waals surface area contributed by atoms with E-state index in [-0.39, 0.29) is 0 Å². The highest BCUT2D eigenvalue weighted by Crippen LogP contribution is 2.06. The molecule has 0 saturated heterocycles. The van der Waals surface area contributed by atoms with Gasteiger partial charge in [-0.05, 0) is 20.3 Å². The number of rotatable bonds is 1. The molecule has 0 spiro atoms. The third-order valence-electron chi connectivity index (χ3n) is 2.07. The van der Waals surface area contributed by atoms with Gasteiger partial charge in [-0.25, -0.2) is 0 Å². The zero-order chi connectivity index (χ0) is 7.56. The molecule has 0 bridgehead atoms. The molecule has 0 aromatic rings. The first-order chi connectivity index (χ1) is 4.74. The lowest BCUT2D eigenvalue weighted by Crippen LogP contribution is -2.44. The summed E-state index contributed by atoms with van der Waals surface area (Å²) in [6.07, 6.45) is 1.18. The largest absolute Gasteiger partial charge is 0.307 e. The molecular weight excluding hydrogens is 124 g/mol. The highest BCUT2D eigenvalue weighted by molar-refractivity contribution is 5.84. The van der Waals surface area contributed by atoms with Gasteiger partial charge in [-0.15, -0.1) is 0 Å². The summed E-state index contributed by atoms with van der Waals surface area (Å²) >= 11 is 0. The molecule has 1 N–H and O–H groups in total. The topological polar surface area (TPSA) is 24.4 Å². The molecule has 2 nitrogen and oxygen atoms in total. The van der Waals surface area contributed by atoms with E-state index in [1.165, 1.54) is 12.1 Å². The van der Waals surface area contributed by atoms with E-state index in [2.05, 4.69) is 31.1 Å². The number of nitrogens with one attached hydrogen (secondary N) is 1. The molecule has 0 aliphatic carbocycles. The summed E-state index contributed by atoms with van der Waals surface area (Å²) in [5.41, 5.74) is 1.23. The lowest BCUT2D eigenvalue weighted by Gasteiger charge is -2.26. The van der Waals surface area contributed by atoms with E-state index in [1.807, 2.05) is 0 Å². The molecule has 1 aliphatic rings. The molecule has 58 valence electrons. The van der Waals surface area contributed by atoms with Crippen LogP contribution in [0.15, 0.2) is 4.99 Å². The van der Waals surface area contributed by atoms with Crippen molar-refractivity contribution in [2.75, 3.05) is 6.54 Å². The van der Waals surface area contributed by atoms with E-state index in [4.69, 9.17) is 0 Å².